The van der Waals surface area contributed by atoms with Gasteiger partial charge in [-0.25, -0.2) is 0 Å². The Balaban J connectivity index is 2.51. The van der Waals surface area contributed by atoms with E-state index in [2.05, 4.69) is 36.4 Å². The van der Waals surface area contributed by atoms with Gasteiger partial charge in [-0.3, -0.25) is 0 Å². The third kappa shape index (κ3) is 3.07. The van der Waals surface area contributed by atoms with E-state index in [-0.39, 0.29) is 0 Å². The van der Waals surface area contributed by atoms with E-state index < -0.39 is 8.07 Å². The molecule has 1 rings (SSSR count). The van der Waals surface area contributed by atoms with Gasteiger partial charge in [0.15, 0.2) is 0 Å². The first-order valence-electron chi connectivity index (χ1n) is 4.48. The molecule has 0 N–H and O–H groups in total. The van der Waals surface area contributed by atoms with Crippen molar-refractivity contribution in [1.82, 2.24) is 4.90 Å². The Morgan fingerprint density at radius 2 is 2.08 bits per heavy atom. The van der Waals surface area contributed by atoms with Crippen LogP contribution in [0.15, 0.2) is 11.9 Å². The van der Waals surface area contributed by atoms with Crippen LogP contribution in [0.3, 0.4) is 0 Å². The molecule has 0 spiro atoms. The molecule has 0 atom stereocenters. The zero-order valence-electron chi connectivity index (χ0n) is 8.13. The Morgan fingerprint density at radius 1 is 1.42 bits per heavy atom. The summed E-state index contributed by atoms with van der Waals surface area (Å²) in [4.78, 5) is 3.33. The summed E-state index contributed by atoms with van der Waals surface area (Å²) in [5.41, 5.74) is 2.35. The third-order valence-corrected chi connectivity index (χ3v) is 3.45. The van der Waals surface area contributed by atoms with Crippen molar-refractivity contribution >= 4 is 25.3 Å². The average molecular weight is 199 g/mol. The minimum absolute atomic E-state index is 1.04. The van der Waals surface area contributed by atoms with Crippen molar-refractivity contribution in [3.05, 3.63) is 11.9 Å². The highest BCUT2D eigenvalue weighted by Gasteiger charge is 2.15. The third-order valence-electron chi connectivity index (χ3n) is 1.86. The minimum Gasteiger partial charge on any atom is -0.343 e. The van der Waals surface area contributed by atoms with Crippen molar-refractivity contribution in [2.24, 2.45) is 0 Å². The fraction of sp³-hybridized carbons (Fsp3) is 0.667. The van der Waals surface area contributed by atoms with Crippen molar-refractivity contribution in [1.29, 1.82) is 0 Å². The van der Waals surface area contributed by atoms with Gasteiger partial charge in [0.05, 0.1) is 13.1 Å². The second-order valence-electron chi connectivity index (χ2n) is 4.37. The van der Waals surface area contributed by atoms with Gasteiger partial charge < -0.3 is 4.90 Å². The van der Waals surface area contributed by atoms with Gasteiger partial charge in [0.25, 0.3) is 0 Å². The Kier molecular flexibility index (Phi) is 3.07. The Hall–Kier alpha value is -0.153. The predicted octanol–water partition coefficient (Wildman–Crippen LogP) is 2.80. The van der Waals surface area contributed by atoms with Crippen LogP contribution in [0.4, 0.5) is 0 Å². The van der Waals surface area contributed by atoms with Crippen molar-refractivity contribution in [3.63, 3.8) is 0 Å². The van der Waals surface area contributed by atoms with Crippen molar-refractivity contribution in [3.8, 4) is 0 Å². The molecule has 0 aliphatic carbocycles. The fourth-order valence-electron chi connectivity index (χ4n) is 1.14. The smallest absolute Gasteiger partial charge is 0.0819 e. The van der Waals surface area contributed by atoms with E-state index in [0.29, 0.717) is 0 Å². The van der Waals surface area contributed by atoms with Crippen LogP contribution in [-0.2, 0) is 0 Å². The first-order chi connectivity index (χ1) is 5.49. The maximum atomic E-state index is 5.22. The van der Waals surface area contributed by atoms with Crippen LogP contribution in [0.25, 0.3) is 0 Å². The van der Waals surface area contributed by atoms with Crippen LogP contribution < -0.4 is 0 Å². The standard InChI is InChI=1S/C9H17NSSi/c1-12(2,3)8-7-10-6-4-5-9(10)11/h7-8H,4-6H2,1-3H3/b8-7+. The number of rotatable bonds is 2. The number of hydrogen-bond acceptors (Lipinski definition) is 1. The number of nitrogens with zero attached hydrogens (tertiary/aromatic N) is 1. The van der Waals surface area contributed by atoms with Crippen LogP contribution in [0, 0.1) is 0 Å². The lowest BCUT2D eigenvalue weighted by Crippen LogP contribution is -2.21. The quantitative estimate of drug-likeness (QED) is 0.497. The molecule has 68 valence electrons. The highest BCUT2D eigenvalue weighted by molar-refractivity contribution is 7.80. The molecule has 12 heavy (non-hydrogen) atoms. The first-order valence-corrected chi connectivity index (χ1v) is 8.46. The van der Waals surface area contributed by atoms with Crippen LogP contribution in [0.2, 0.25) is 19.6 Å². The first kappa shape index (κ1) is 9.93. The lowest BCUT2D eigenvalue weighted by Gasteiger charge is -2.15. The van der Waals surface area contributed by atoms with E-state index in [1.54, 1.807) is 0 Å². The van der Waals surface area contributed by atoms with Gasteiger partial charge in [0.1, 0.15) is 0 Å². The molecule has 0 aromatic carbocycles. The van der Waals surface area contributed by atoms with E-state index in [1.165, 1.54) is 6.42 Å². The highest BCUT2D eigenvalue weighted by Crippen LogP contribution is 2.13. The zero-order chi connectivity index (χ0) is 9.19. The summed E-state index contributed by atoms with van der Waals surface area (Å²) in [7, 11) is -1.04. The van der Waals surface area contributed by atoms with Gasteiger partial charge in [0.2, 0.25) is 0 Å². The number of likely N-dealkylation sites (tertiary alicyclic amines) is 1. The van der Waals surface area contributed by atoms with E-state index in [0.717, 1.165) is 18.0 Å². The molecule has 1 saturated heterocycles. The Morgan fingerprint density at radius 3 is 2.50 bits per heavy atom. The summed E-state index contributed by atoms with van der Waals surface area (Å²) in [5.74, 6) is 0. The van der Waals surface area contributed by atoms with Crippen LogP contribution in [0.1, 0.15) is 12.8 Å². The summed E-state index contributed by atoms with van der Waals surface area (Å²) in [6, 6.07) is 0. The summed E-state index contributed by atoms with van der Waals surface area (Å²) in [6.45, 7) is 8.13. The molecule has 1 aliphatic rings. The lowest BCUT2D eigenvalue weighted by atomic mass is 10.4. The minimum atomic E-state index is -1.04. The fourth-order valence-corrected chi connectivity index (χ4v) is 2.06. The second-order valence-corrected chi connectivity index (χ2v) is 9.91. The molecule has 0 radical (unpaired) electrons. The van der Waals surface area contributed by atoms with Crippen LogP contribution >= 0.6 is 12.2 Å². The molecule has 0 amide bonds. The van der Waals surface area contributed by atoms with Crippen molar-refractivity contribution in [2.75, 3.05) is 6.54 Å². The predicted molar refractivity (Wildman–Crippen MR) is 61.0 cm³/mol. The number of thiocarbonyl (C=S) groups is 1. The van der Waals surface area contributed by atoms with E-state index >= 15 is 0 Å². The molecule has 1 nitrogen and oxygen atoms in total. The van der Waals surface area contributed by atoms with Gasteiger partial charge in [-0.15, -0.1) is 0 Å². The SMILES string of the molecule is C[Si](C)(C)/C=C/N1CCCC1=S. The van der Waals surface area contributed by atoms with E-state index in [9.17, 15) is 0 Å². The molecule has 1 aliphatic heterocycles. The number of hydrogen-bond donors (Lipinski definition) is 0. The van der Waals surface area contributed by atoms with Gasteiger partial charge >= 0.3 is 0 Å². The van der Waals surface area contributed by atoms with E-state index in [4.69, 9.17) is 12.2 Å². The monoisotopic (exact) mass is 199 g/mol. The molecule has 1 heterocycles. The van der Waals surface area contributed by atoms with E-state index in [1.807, 2.05) is 0 Å². The Bertz CT molecular complexity index is 205. The zero-order valence-corrected chi connectivity index (χ0v) is 9.95. The van der Waals surface area contributed by atoms with Gasteiger partial charge in [0, 0.05) is 6.54 Å². The summed E-state index contributed by atoms with van der Waals surface area (Å²) >= 11 is 5.22. The largest absolute Gasteiger partial charge is 0.343 e. The molecule has 0 bridgehead atoms. The van der Waals surface area contributed by atoms with Crippen LogP contribution in [0.5, 0.6) is 0 Å². The van der Waals surface area contributed by atoms with Gasteiger partial charge in [-0.1, -0.05) is 37.6 Å². The Labute approximate surface area is 81.5 Å². The lowest BCUT2D eigenvalue weighted by molar-refractivity contribution is 0.611. The average Bonchev–Trinajstić information content (AvgIpc) is 2.29. The summed E-state index contributed by atoms with van der Waals surface area (Å²) < 4.78 is 0. The molecule has 0 aromatic heterocycles. The topological polar surface area (TPSA) is 3.24 Å². The molecule has 3 heteroatoms. The molecule has 0 unspecified atom stereocenters. The second kappa shape index (κ2) is 3.71. The molecule has 0 aromatic rings. The van der Waals surface area contributed by atoms with Crippen molar-refractivity contribution < 1.29 is 0 Å². The normalized spacial score (nSPS) is 19.6. The van der Waals surface area contributed by atoms with Gasteiger partial charge in [-0.2, -0.15) is 0 Å². The highest BCUT2D eigenvalue weighted by atomic mass is 32.1. The molecule has 1 fully saturated rings. The molecular weight excluding hydrogens is 182 g/mol. The summed E-state index contributed by atoms with van der Waals surface area (Å²) in [5, 5.41) is 0. The van der Waals surface area contributed by atoms with Crippen molar-refractivity contribution in [2.45, 2.75) is 32.5 Å². The maximum absolute atomic E-state index is 5.22. The summed E-state index contributed by atoms with van der Waals surface area (Å²) in [6.07, 6.45) is 4.53. The van der Waals surface area contributed by atoms with Gasteiger partial charge in [-0.05, 0) is 19.0 Å². The molecule has 0 saturated carbocycles. The molecular formula is C9H17NSSi. The maximum Gasteiger partial charge on any atom is 0.0819 e. The van der Waals surface area contributed by atoms with Crippen LogP contribution in [-0.4, -0.2) is 24.5 Å².